The molecule has 1 N–H and O–H groups in total. The van der Waals surface area contributed by atoms with Crippen molar-refractivity contribution in [1.82, 2.24) is 9.88 Å². The Morgan fingerprint density at radius 1 is 1.30 bits per heavy atom. The molecule has 1 aromatic heterocycles. The smallest absolute Gasteiger partial charge is 0.0900 e. The van der Waals surface area contributed by atoms with E-state index in [2.05, 4.69) is 9.88 Å². The molecular weight excluding hydrogens is 256 g/mol. The molecule has 1 rings (SSSR count). The first-order chi connectivity index (χ1) is 9.61. The minimum Gasteiger partial charge on any atom is -0.389 e. The second-order valence-electron chi connectivity index (χ2n) is 5.12. The predicted octanol–water partition coefficient (Wildman–Crippen LogP) is 0.968. The van der Waals surface area contributed by atoms with Crippen molar-refractivity contribution >= 4 is 0 Å². The Balaban J connectivity index is 2.16. The van der Waals surface area contributed by atoms with Crippen molar-refractivity contribution in [2.24, 2.45) is 0 Å². The van der Waals surface area contributed by atoms with E-state index in [4.69, 9.17) is 9.47 Å². The van der Waals surface area contributed by atoms with Crippen molar-refractivity contribution in [3.05, 3.63) is 30.1 Å². The Bertz CT molecular complexity index is 348. The van der Waals surface area contributed by atoms with Crippen LogP contribution in [0.25, 0.3) is 0 Å². The summed E-state index contributed by atoms with van der Waals surface area (Å²) in [5.74, 6) is 0. The van der Waals surface area contributed by atoms with E-state index in [0.717, 1.165) is 13.0 Å². The zero-order valence-corrected chi connectivity index (χ0v) is 12.7. The van der Waals surface area contributed by atoms with Crippen molar-refractivity contribution in [2.75, 3.05) is 40.5 Å². The summed E-state index contributed by atoms with van der Waals surface area (Å²) >= 11 is 0. The van der Waals surface area contributed by atoms with Gasteiger partial charge in [-0.1, -0.05) is 0 Å². The standard InChI is InChI=1S/C15H26N2O3/c1-13(11-19-3)20-12-15(18)10-17(2)9-6-14-4-7-16-8-5-14/h4-5,7-8,13,15,18H,6,9-12H2,1-3H3. The van der Waals surface area contributed by atoms with Crippen LogP contribution in [-0.4, -0.2) is 67.7 Å². The van der Waals surface area contributed by atoms with E-state index in [1.165, 1.54) is 5.56 Å². The maximum atomic E-state index is 9.92. The molecule has 0 spiro atoms. The first-order valence-electron chi connectivity index (χ1n) is 6.98. The van der Waals surface area contributed by atoms with Gasteiger partial charge in [0.25, 0.3) is 0 Å². The van der Waals surface area contributed by atoms with E-state index in [0.29, 0.717) is 19.8 Å². The summed E-state index contributed by atoms with van der Waals surface area (Å²) in [5, 5.41) is 9.92. The highest BCUT2D eigenvalue weighted by Gasteiger charge is 2.10. The van der Waals surface area contributed by atoms with Crippen LogP contribution in [0.5, 0.6) is 0 Å². The Kier molecular flexibility index (Phi) is 8.37. The monoisotopic (exact) mass is 282 g/mol. The zero-order valence-electron chi connectivity index (χ0n) is 12.7. The summed E-state index contributed by atoms with van der Waals surface area (Å²) in [5.41, 5.74) is 1.26. The zero-order chi connectivity index (χ0) is 14.8. The van der Waals surface area contributed by atoms with Crippen LogP contribution in [0.15, 0.2) is 24.5 Å². The molecule has 0 saturated carbocycles. The first-order valence-corrected chi connectivity index (χ1v) is 6.98. The van der Waals surface area contributed by atoms with Crippen molar-refractivity contribution in [3.63, 3.8) is 0 Å². The molecule has 1 heterocycles. The largest absolute Gasteiger partial charge is 0.389 e. The highest BCUT2D eigenvalue weighted by molar-refractivity contribution is 5.09. The number of nitrogens with zero attached hydrogens (tertiary/aromatic N) is 2. The van der Waals surface area contributed by atoms with Gasteiger partial charge in [0.05, 0.1) is 25.4 Å². The number of rotatable bonds is 10. The summed E-state index contributed by atoms with van der Waals surface area (Å²) in [7, 11) is 3.65. The minimum atomic E-state index is -0.475. The van der Waals surface area contributed by atoms with Crippen LogP contribution in [0.3, 0.4) is 0 Å². The van der Waals surface area contributed by atoms with Crippen LogP contribution < -0.4 is 0 Å². The Morgan fingerprint density at radius 3 is 2.65 bits per heavy atom. The molecule has 0 fully saturated rings. The fraction of sp³-hybridized carbons (Fsp3) is 0.667. The summed E-state index contributed by atoms with van der Waals surface area (Å²) in [6.45, 7) is 4.32. The third-order valence-electron chi connectivity index (χ3n) is 3.03. The average molecular weight is 282 g/mol. The summed E-state index contributed by atoms with van der Waals surface area (Å²) in [6.07, 6.45) is 4.09. The third kappa shape index (κ3) is 7.55. The van der Waals surface area contributed by atoms with E-state index in [1.807, 2.05) is 26.1 Å². The lowest BCUT2D eigenvalue weighted by molar-refractivity contribution is -0.0379. The van der Waals surface area contributed by atoms with Crippen LogP contribution in [-0.2, 0) is 15.9 Å². The number of methoxy groups -OCH3 is 1. The van der Waals surface area contributed by atoms with Crippen LogP contribution in [0.4, 0.5) is 0 Å². The van der Waals surface area contributed by atoms with Gasteiger partial charge in [-0.2, -0.15) is 0 Å². The maximum Gasteiger partial charge on any atom is 0.0900 e. The van der Waals surface area contributed by atoms with Gasteiger partial charge in [-0.15, -0.1) is 0 Å². The van der Waals surface area contributed by atoms with Gasteiger partial charge >= 0.3 is 0 Å². The Hall–Kier alpha value is -1.01. The molecule has 0 aliphatic heterocycles. The van der Waals surface area contributed by atoms with Crippen molar-refractivity contribution in [1.29, 1.82) is 0 Å². The van der Waals surface area contributed by atoms with E-state index in [-0.39, 0.29) is 6.10 Å². The molecule has 114 valence electrons. The molecule has 1 aromatic rings. The average Bonchev–Trinajstić information content (AvgIpc) is 2.44. The van der Waals surface area contributed by atoms with E-state index >= 15 is 0 Å². The van der Waals surface area contributed by atoms with Gasteiger partial charge in [0.15, 0.2) is 0 Å². The van der Waals surface area contributed by atoms with E-state index in [9.17, 15) is 5.11 Å². The molecule has 2 unspecified atom stereocenters. The molecule has 0 amide bonds. The number of likely N-dealkylation sites (N-methyl/N-ethyl adjacent to an activating group) is 1. The van der Waals surface area contributed by atoms with Gasteiger partial charge in [-0.3, -0.25) is 4.98 Å². The predicted molar refractivity (Wildman–Crippen MR) is 78.7 cm³/mol. The van der Waals surface area contributed by atoms with Crippen LogP contribution in [0.2, 0.25) is 0 Å². The lowest BCUT2D eigenvalue weighted by atomic mass is 10.2. The van der Waals surface area contributed by atoms with Crippen molar-refractivity contribution in [3.8, 4) is 0 Å². The van der Waals surface area contributed by atoms with Crippen LogP contribution in [0, 0.1) is 0 Å². The molecule has 0 aliphatic carbocycles. The molecule has 0 aromatic carbocycles. The van der Waals surface area contributed by atoms with Gasteiger partial charge < -0.3 is 19.5 Å². The molecule has 0 radical (unpaired) electrons. The Morgan fingerprint density at radius 2 is 2.00 bits per heavy atom. The van der Waals surface area contributed by atoms with Gasteiger partial charge in [-0.05, 0) is 38.1 Å². The second-order valence-corrected chi connectivity index (χ2v) is 5.12. The fourth-order valence-corrected chi connectivity index (χ4v) is 1.93. The van der Waals surface area contributed by atoms with Gasteiger partial charge in [-0.25, -0.2) is 0 Å². The molecule has 5 nitrogen and oxygen atoms in total. The van der Waals surface area contributed by atoms with Crippen molar-refractivity contribution in [2.45, 2.75) is 25.6 Å². The number of pyridine rings is 1. The number of aliphatic hydroxyl groups is 1. The molecule has 2 atom stereocenters. The number of hydrogen-bond acceptors (Lipinski definition) is 5. The highest BCUT2D eigenvalue weighted by atomic mass is 16.5. The van der Waals surface area contributed by atoms with E-state index in [1.54, 1.807) is 19.5 Å². The SMILES string of the molecule is COCC(C)OCC(O)CN(C)CCc1ccncc1. The summed E-state index contributed by atoms with van der Waals surface area (Å²) < 4.78 is 10.5. The molecular formula is C15H26N2O3. The van der Waals surface area contributed by atoms with Gasteiger partial charge in [0, 0.05) is 32.6 Å². The molecule has 0 bridgehead atoms. The maximum absolute atomic E-state index is 9.92. The molecule has 0 saturated heterocycles. The Labute approximate surface area is 121 Å². The number of aromatic nitrogens is 1. The topological polar surface area (TPSA) is 54.8 Å². The third-order valence-corrected chi connectivity index (χ3v) is 3.03. The number of aliphatic hydroxyl groups excluding tert-OH is 1. The lowest BCUT2D eigenvalue weighted by Crippen LogP contribution is -2.34. The normalized spacial score (nSPS) is 14.4. The van der Waals surface area contributed by atoms with E-state index < -0.39 is 6.10 Å². The summed E-state index contributed by atoms with van der Waals surface area (Å²) in [6, 6.07) is 4.03. The van der Waals surface area contributed by atoms with Crippen molar-refractivity contribution < 1.29 is 14.6 Å². The van der Waals surface area contributed by atoms with Gasteiger partial charge in [0.1, 0.15) is 0 Å². The summed E-state index contributed by atoms with van der Waals surface area (Å²) in [4.78, 5) is 6.10. The molecule has 5 heteroatoms. The van der Waals surface area contributed by atoms with Gasteiger partial charge in [0.2, 0.25) is 0 Å². The molecule has 20 heavy (non-hydrogen) atoms. The minimum absolute atomic E-state index is 0.0109. The fourth-order valence-electron chi connectivity index (χ4n) is 1.93. The number of hydrogen-bond donors (Lipinski definition) is 1. The second kappa shape index (κ2) is 9.83. The lowest BCUT2D eigenvalue weighted by Gasteiger charge is -2.21. The quantitative estimate of drug-likeness (QED) is 0.693. The van der Waals surface area contributed by atoms with Crippen LogP contribution in [0.1, 0.15) is 12.5 Å². The molecule has 0 aliphatic rings. The first kappa shape index (κ1) is 17.0. The van der Waals surface area contributed by atoms with Crippen LogP contribution >= 0.6 is 0 Å². The number of ether oxygens (including phenoxy) is 2. The highest BCUT2D eigenvalue weighted by Crippen LogP contribution is 2.00.